The lowest BCUT2D eigenvalue weighted by molar-refractivity contribution is 0.458. The van der Waals surface area contributed by atoms with Gasteiger partial charge in [0, 0.05) is 38.6 Å². The van der Waals surface area contributed by atoms with Crippen molar-refractivity contribution >= 4 is 29.9 Å². The largest absolute Gasteiger partial charge is 0.357 e. The molecule has 0 saturated carbocycles. The van der Waals surface area contributed by atoms with E-state index in [1.54, 1.807) is 0 Å². The van der Waals surface area contributed by atoms with E-state index in [0.29, 0.717) is 5.92 Å². The number of hydrogen-bond acceptors (Lipinski definition) is 2. The van der Waals surface area contributed by atoms with Crippen molar-refractivity contribution in [3.63, 3.8) is 0 Å². The Morgan fingerprint density at radius 1 is 1.22 bits per heavy atom. The molecule has 134 valence electrons. The van der Waals surface area contributed by atoms with Crippen LogP contribution in [0.25, 0.3) is 0 Å². The van der Waals surface area contributed by atoms with Gasteiger partial charge in [0.25, 0.3) is 0 Å². The van der Waals surface area contributed by atoms with Gasteiger partial charge in [-0.25, -0.2) is 0 Å². The lowest BCUT2D eigenvalue weighted by Crippen LogP contribution is -2.38. The van der Waals surface area contributed by atoms with E-state index in [2.05, 4.69) is 48.4 Å². The zero-order chi connectivity index (χ0) is 16.2. The van der Waals surface area contributed by atoms with Gasteiger partial charge < -0.3 is 10.6 Å². The molecule has 2 N–H and O–H groups in total. The maximum Gasteiger partial charge on any atom is 0.191 e. The van der Waals surface area contributed by atoms with Gasteiger partial charge in [0.1, 0.15) is 0 Å². The van der Waals surface area contributed by atoms with Gasteiger partial charge in [0.15, 0.2) is 5.96 Å². The third-order valence-corrected chi connectivity index (χ3v) is 3.46. The maximum atomic E-state index is 4.68. The van der Waals surface area contributed by atoms with Crippen LogP contribution in [0.3, 0.4) is 0 Å². The Bertz CT molecular complexity index is 403. The normalized spacial score (nSPS) is 12.8. The second kappa shape index (κ2) is 13.6. The Morgan fingerprint density at radius 2 is 2.00 bits per heavy atom. The van der Waals surface area contributed by atoms with Gasteiger partial charge in [-0.05, 0) is 31.2 Å². The van der Waals surface area contributed by atoms with Crippen LogP contribution in [0.5, 0.6) is 0 Å². The number of nitrogens with one attached hydrogen (secondary N) is 2. The van der Waals surface area contributed by atoms with Gasteiger partial charge in [-0.15, -0.1) is 24.0 Å². The molecular weight excluding hydrogens is 401 g/mol. The minimum Gasteiger partial charge on any atom is -0.357 e. The molecule has 1 atom stereocenters. The Balaban J connectivity index is 0.00000484. The van der Waals surface area contributed by atoms with Crippen LogP contribution in [0.4, 0.5) is 0 Å². The molecule has 0 aromatic carbocycles. The predicted octanol–water partition coefficient (Wildman–Crippen LogP) is 3.52. The van der Waals surface area contributed by atoms with Crippen LogP contribution < -0.4 is 10.6 Å². The highest BCUT2D eigenvalue weighted by Crippen LogP contribution is 2.05. The summed E-state index contributed by atoms with van der Waals surface area (Å²) in [5, 5.41) is 11.0. The van der Waals surface area contributed by atoms with Gasteiger partial charge >= 0.3 is 0 Å². The van der Waals surface area contributed by atoms with E-state index >= 15 is 0 Å². The van der Waals surface area contributed by atoms with Crippen LogP contribution in [0, 0.1) is 11.8 Å². The van der Waals surface area contributed by atoms with Crippen molar-refractivity contribution in [3.05, 3.63) is 18.5 Å². The molecule has 1 aromatic heterocycles. The third kappa shape index (κ3) is 11.4. The fourth-order valence-corrected chi connectivity index (χ4v) is 2.26. The molecule has 23 heavy (non-hydrogen) atoms. The molecule has 1 heterocycles. The Labute approximate surface area is 158 Å². The average Bonchev–Trinajstić information content (AvgIpc) is 2.96. The van der Waals surface area contributed by atoms with E-state index in [-0.39, 0.29) is 24.0 Å². The molecule has 0 aliphatic carbocycles. The highest BCUT2D eigenvalue weighted by molar-refractivity contribution is 14.0. The summed E-state index contributed by atoms with van der Waals surface area (Å²) in [6, 6.07) is 1.96. The second-order valence-corrected chi connectivity index (χ2v) is 6.37. The van der Waals surface area contributed by atoms with Crippen molar-refractivity contribution < 1.29 is 0 Å². The highest BCUT2D eigenvalue weighted by atomic mass is 127. The van der Waals surface area contributed by atoms with E-state index in [4.69, 9.17) is 0 Å². The number of guanidine groups is 1. The smallest absolute Gasteiger partial charge is 0.191 e. The molecule has 0 saturated heterocycles. The first-order chi connectivity index (χ1) is 10.6. The Kier molecular flexibility index (Phi) is 13.2. The van der Waals surface area contributed by atoms with Crippen molar-refractivity contribution in [1.29, 1.82) is 0 Å². The van der Waals surface area contributed by atoms with Crippen molar-refractivity contribution in [3.8, 4) is 0 Å². The van der Waals surface area contributed by atoms with Gasteiger partial charge in [-0.3, -0.25) is 9.67 Å². The number of nitrogens with zero attached hydrogens (tertiary/aromatic N) is 3. The molecule has 0 aliphatic rings. The lowest BCUT2D eigenvalue weighted by Gasteiger charge is -2.14. The van der Waals surface area contributed by atoms with Gasteiger partial charge in [-0.2, -0.15) is 5.10 Å². The molecule has 0 amide bonds. The fraction of sp³-hybridized carbons (Fsp3) is 0.765. The van der Waals surface area contributed by atoms with Crippen LogP contribution in [0.15, 0.2) is 23.5 Å². The van der Waals surface area contributed by atoms with Crippen LogP contribution >= 0.6 is 24.0 Å². The molecule has 0 fully saturated rings. The topological polar surface area (TPSA) is 54.2 Å². The highest BCUT2D eigenvalue weighted by Gasteiger charge is 2.04. The first-order valence-corrected chi connectivity index (χ1v) is 8.61. The summed E-state index contributed by atoms with van der Waals surface area (Å²) in [7, 11) is 0. The zero-order valence-electron chi connectivity index (χ0n) is 15.1. The number of unbranched alkanes of at least 4 members (excludes halogenated alkanes) is 1. The predicted molar refractivity (Wildman–Crippen MR) is 109 cm³/mol. The van der Waals surface area contributed by atoms with Crippen molar-refractivity contribution in [2.45, 2.75) is 53.5 Å². The standard InChI is InChI=1S/C17H33N5.HI/c1-5-18-17(19-10-7-6-9-15(2)3)20-13-16(4)14-22-12-8-11-21-22;/h8,11-12,15-16H,5-7,9-10,13-14H2,1-4H3,(H2,18,19,20);1H. The summed E-state index contributed by atoms with van der Waals surface area (Å²) in [4.78, 5) is 4.68. The summed E-state index contributed by atoms with van der Waals surface area (Å²) >= 11 is 0. The number of hydrogen-bond donors (Lipinski definition) is 2. The van der Waals surface area contributed by atoms with Crippen molar-refractivity contribution in [1.82, 2.24) is 20.4 Å². The van der Waals surface area contributed by atoms with Crippen LogP contribution in [-0.2, 0) is 6.54 Å². The van der Waals surface area contributed by atoms with Crippen LogP contribution in [0.1, 0.15) is 47.0 Å². The van der Waals surface area contributed by atoms with Gasteiger partial charge in [0.2, 0.25) is 0 Å². The summed E-state index contributed by atoms with van der Waals surface area (Å²) in [6.07, 6.45) is 7.60. The second-order valence-electron chi connectivity index (χ2n) is 6.37. The Morgan fingerprint density at radius 3 is 2.61 bits per heavy atom. The number of aromatic nitrogens is 2. The maximum absolute atomic E-state index is 4.68. The summed E-state index contributed by atoms with van der Waals surface area (Å²) < 4.78 is 1.96. The van der Waals surface area contributed by atoms with Crippen molar-refractivity contribution in [2.75, 3.05) is 19.6 Å². The summed E-state index contributed by atoms with van der Waals surface area (Å²) in [5.74, 6) is 2.20. The Hall–Kier alpha value is -0.790. The first-order valence-electron chi connectivity index (χ1n) is 8.61. The quantitative estimate of drug-likeness (QED) is 0.256. The SMILES string of the molecule is CCNC(=NCC(C)Cn1cccn1)NCCCCC(C)C.I. The van der Waals surface area contributed by atoms with Crippen molar-refractivity contribution in [2.24, 2.45) is 16.8 Å². The van der Waals surface area contributed by atoms with E-state index in [1.165, 1.54) is 19.3 Å². The van der Waals surface area contributed by atoms with E-state index in [1.807, 2.05) is 23.1 Å². The summed E-state index contributed by atoms with van der Waals surface area (Å²) in [6.45, 7) is 12.5. The molecule has 0 radical (unpaired) electrons. The van der Waals surface area contributed by atoms with Gasteiger partial charge in [-0.1, -0.05) is 33.6 Å². The monoisotopic (exact) mass is 435 g/mol. The molecular formula is C17H34IN5. The minimum absolute atomic E-state index is 0. The number of halogens is 1. The fourth-order valence-electron chi connectivity index (χ4n) is 2.26. The lowest BCUT2D eigenvalue weighted by atomic mass is 10.1. The molecule has 0 spiro atoms. The van der Waals surface area contributed by atoms with Crippen LogP contribution in [-0.4, -0.2) is 35.4 Å². The molecule has 0 bridgehead atoms. The average molecular weight is 435 g/mol. The van der Waals surface area contributed by atoms with Gasteiger partial charge in [0.05, 0.1) is 0 Å². The molecule has 1 rings (SSSR count). The molecule has 6 heteroatoms. The minimum atomic E-state index is 0. The molecule has 1 unspecified atom stereocenters. The molecule has 1 aromatic rings. The molecule has 0 aliphatic heterocycles. The van der Waals surface area contributed by atoms with E-state index in [0.717, 1.165) is 38.1 Å². The van der Waals surface area contributed by atoms with E-state index < -0.39 is 0 Å². The van der Waals surface area contributed by atoms with E-state index in [9.17, 15) is 0 Å². The number of rotatable bonds is 10. The molecule has 5 nitrogen and oxygen atoms in total. The number of aliphatic imine (C=N–C) groups is 1. The first kappa shape index (κ1) is 22.2. The third-order valence-electron chi connectivity index (χ3n) is 3.46. The van der Waals surface area contributed by atoms with Crippen LogP contribution in [0.2, 0.25) is 0 Å². The summed E-state index contributed by atoms with van der Waals surface area (Å²) in [5.41, 5.74) is 0. The zero-order valence-corrected chi connectivity index (χ0v) is 17.4.